The molecule has 1 aromatic rings. The number of rotatable bonds is 7. The number of nitrogens with one attached hydrogen (secondary N) is 1. The van der Waals surface area contributed by atoms with Crippen LogP contribution in [0.25, 0.3) is 0 Å². The molecule has 0 spiro atoms. The van der Waals surface area contributed by atoms with Crippen molar-refractivity contribution in [1.82, 2.24) is 5.32 Å². The Bertz CT molecular complexity index is 601. The Morgan fingerprint density at radius 3 is 2.56 bits per heavy atom. The topological polar surface area (TPSA) is 49.4 Å². The van der Waals surface area contributed by atoms with Crippen molar-refractivity contribution in [3.8, 4) is 0 Å². The van der Waals surface area contributed by atoms with Gasteiger partial charge in [0.1, 0.15) is 0 Å². The van der Waals surface area contributed by atoms with Crippen LogP contribution < -0.4 is 10.2 Å². The first-order chi connectivity index (χ1) is 12.0. The van der Waals surface area contributed by atoms with Crippen molar-refractivity contribution in [2.75, 3.05) is 11.9 Å². The molecule has 1 aromatic carbocycles. The van der Waals surface area contributed by atoms with Crippen LogP contribution in [0.15, 0.2) is 30.3 Å². The van der Waals surface area contributed by atoms with E-state index in [1.54, 1.807) is 11.9 Å². The zero-order chi connectivity index (χ0) is 17.8. The molecule has 2 amide bonds. The molecule has 2 saturated carbocycles. The first kappa shape index (κ1) is 18.0. The van der Waals surface area contributed by atoms with Gasteiger partial charge in [0.05, 0.1) is 0 Å². The first-order valence-electron chi connectivity index (χ1n) is 9.65. The SMILES string of the molecule is CC(NC(=O)CCCC(=O)N(C)c1ccccc1)C1CC2CCC1C2. The number of para-hydroxylation sites is 1. The summed E-state index contributed by atoms with van der Waals surface area (Å²) in [6.45, 7) is 2.15. The van der Waals surface area contributed by atoms with E-state index in [0.29, 0.717) is 25.2 Å². The third kappa shape index (κ3) is 4.42. The lowest BCUT2D eigenvalue weighted by Crippen LogP contribution is -2.40. The molecule has 0 saturated heterocycles. The summed E-state index contributed by atoms with van der Waals surface area (Å²) in [5.41, 5.74) is 0.891. The summed E-state index contributed by atoms with van der Waals surface area (Å²) in [7, 11) is 1.79. The number of anilines is 1. The molecule has 4 heteroatoms. The largest absolute Gasteiger partial charge is 0.353 e. The molecule has 25 heavy (non-hydrogen) atoms. The molecule has 3 rings (SSSR count). The summed E-state index contributed by atoms with van der Waals surface area (Å²) in [6, 6.07) is 9.88. The Kier molecular flexibility index (Phi) is 5.77. The van der Waals surface area contributed by atoms with E-state index >= 15 is 0 Å². The Morgan fingerprint density at radius 1 is 1.16 bits per heavy atom. The molecule has 4 nitrogen and oxygen atoms in total. The number of hydrogen-bond donors (Lipinski definition) is 1. The molecule has 4 atom stereocenters. The number of amides is 2. The predicted molar refractivity (Wildman–Crippen MR) is 100 cm³/mol. The number of carbonyl (C=O) groups excluding carboxylic acids is 2. The normalized spacial score (nSPS) is 25.6. The average Bonchev–Trinajstić information content (AvgIpc) is 3.25. The highest BCUT2D eigenvalue weighted by atomic mass is 16.2. The van der Waals surface area contributed by atoms with Crippen molar-refractivity contribution in [1.29, 1.82) is 0 Å². The van der Waals surface area contributed by atoms with E-state index in [9.17, 15) is 9.59 Å². The van der Waals surface area contributed by atoms with Gasteiger partial charge in [-0.3, -0.25) is 9.59 Å². The fourth-order valence-corrected chi connectivity index (χ4v) is 4.70. The van der Waals surface area contributed by atoms with Crippen LogP contribution in [0.4, 0.5) is 5.69 Å². The van der Waals surface area contributed by atoms with Crippen molar-refractivity contribution >= 4 is 17.5 Å². The zero-order valence-electron chi connectivity index (χ0n) is 15.4. The van der Waals surface area contributed by atoms with E-state index in [4.69, 9.17) is 0 Å². The van der Waals surface area contributed by atoms with Crippen molar-refractivity contribution in [3.05, 3.63) is 30.3 Å². The van der Waals surface area contributed by atoms with E-state index in [-0.39, 0.29) is 17.9 Å². The highest BCUT2D eigenvalue weighted by Gasteiger charge is 2.42. The standard InChI is InChI=1S/C21H30N2O2/c1-15(19-14-16-11-12-17(19)13-16)22-20(24)9-6-10-21(25)23(2)18-7-4-3-5-8-18/h3-5,7-8,15-17,19H,6,9-14H2,1-2H3,(H,22,24). The van der Waals surface area contributed by atoms with Crippen molar-refractivity contribution in [3.63, 3.8) is 0 Å². The number of fused-ring (bicyclic) bond motifs is 2. The van der Waals surface area contributed by atoms with Crippen LogP contribution >= 0.6 is 0 Å². The van der Waals surface area contributed by atoms with Gasteiger partial charge in [-0.2, -0.15) is 0 Å². The van der Waals surface area contributed by atoms with E-state index in [1.165, 1.54) is 25.7 Å². The van der Waals surface area contributed by atoms with Crippen LogP contribution in [0.1, 0.15) is 51.9 Å². The average molecular weight is 342 g/mol. The quantitative estimate of drug-likeness (QED) is 0.820. The summed E-state index contributed by atoms with van der Waals surface area (Å²) in [4.78, 5) is 26.1. The molecular formula is C21H30N2O2. The predicted octanol–water partition coefficient (Wildman–Crippen LogP) is 3.76. The fourth-order valence-electron chi connectivity index (χ4n) is 4.70. The third-order valence-electron chi connectivity index (χ3n) is 6.14. The van der Waals surface area contributed by atoms with Crippen LogP contribution in [0, 0.1) is 17.8 Å². The van der Waals surface area contributed by atoms with Crippen LogP contribution in [0.3, 0.4) is 0 Å². The van der Waals surface area contributed by atoms with Crippen LogP contribution in [0.2, 0.25) is 0 Å². The lowest BCUT2D eigenvalue weighted by Gasteiger charge is -2.28. The van der Waals surface area contributed by atoms with Crippen LogP contribution in [-0.4, -0.2) is 24.9 Å². The Balaban J connectivity index is 1.37. The molecule has 136 valence electrons. The molecule has 0 radical (unpaired) electrons. The Hall–Kier alpha value is -1.84. The van der Waals surface area contributed by atoms with Gasteiger partial charge in [-0.15, -0.1) is 0 Å². The number of nitrogens with zero attached hydrogens (tertiary/aromatic N) is 1. The lowest BCUT2D eigenvalue weighted by atomic mass is 9.84. The maximum Gasteiger partial charge on any atom is 0.226 e. The van der Waals surface area contributed by atoms with Gasteiger partial charge >= 0.3 is 0 Å². The van der Waals surface area contributed by atoms with Gasteiger partial charge in [0.25, 0.3) is 0 Å². The molecule has 0 aromatic heterocycles. The molecular weight excluding hydrogens is 312 g/mol. The van der Waals surface area contributed by atoms with Crippen LogP contribution in [0.5, 0.6) is 0 Å². The molecule has 0 aliphatic heterocycles. The first-order valence-corrected chi connectivity index (χ1v) is 9.65. The molecule has 0 heterocycles. The number of hydrogen-bond acceptors (Lipinski definition) is 2. The summed E-state index contributed by atoms with van der Waals surface area (Å²) in [5, 5.41) is 3.18. The maximum absolute atomic E-state index is 12.2. The minimum atomic E-state index is 0.0557. The second-order valence-electron chi connectivity index (χ2n) is 7.84. The highest BCUT2D eigenvalue weighted by molar-refractivity contribution is 5.93. The molecule has 2 bridgehead atoms. The van der Waals surface area contributed by atoms with Gasteiger partial charge in [0.2, 0.25) is 11.8 Å². The maximum atomic E-state index is 12.2. The second-order valence-corrected chi connectivity index (χ2v) is 7.84. The summed E-state index contributed by atoms with van der Waals surface area (Å²) >= 11 is 0. The van der Waals surface area contributed by atoms with Gasteiger partial charge in [0, 0.05) is 31.6 Å². The zero-order valence-corrected chi connectivity index (χ0v) is 15.4. The molecule has 4 unspecified atom stereocenters. The highest BCUT2D eigenvalue weighted by Crippen LogP contribution is 2.49. The number of benzene rings is 1. The van der Waals surface area contributed by atoms with Gasteiger partial charge in [0.15, 0.2) is 0 Å². The summed E-state index contributed by atoms with van der Waals surface area (Å²) < 4.78 is 0. The van der Waals surface area contributed by atoms with Crippen molar-refractivity contribution in [2.24, 2.45) is 17.8 Å². The molecule has 2 fully saturated rings. The van der Waals surface area contributed by atoms with Gasteiger partial charge in [-0.05, 0) is 62.5 Å². The molecule has 1 N–H and O–H groups in total. The van der Waals surface area contributed by atoms with E-state index in [2.05, 4.69) is 12.2 Å². The van der Waals surface area contributed by atoms with Crippen molar-refractivity contribution in [2.45, 2.75) is 57.9 Å². The van der Waals surface area contributed by atoms with Gasteiger partial charge in [-0.1, -0.05) is 24.6 Å². The summed E-state index contributed by atoms with van der Waals surface area (Å²) in [6.07, 6.45) is 6.82. The lowest BCUT2D eigenvalue weighted by molar-refractivity contribution is -0.122. The van der Waals surface area contributed by atoms with E-state index in [1.807, 2.05) is 30.3 Å². The minimum Gasteiger partial charge on any atom is -0.353 e. The second kappa shape index (κ2) is 8.03. The van der Waals surface area contributed by atoms with E-state index < -0.39 is 0 Å². The number of carbonyl (C=O) groups is 2. The van der Waals surface area contributed by atoms with Crippen molar-refractivity contribution < 1.29 is 9.59 Å². The molecule has 2 aliphatic rings. The van der Waals surface area contributed by atoms with E-state index in [0.717, 1.165) is 17.5 Å². The smallest absolute Gasteiger partial charge is 0.226 e. The van der Waals surface area contributed by atoms with Gasteiger partial charge < -0.3 is 10.2 Å². The van der Waals surface area contributed by atoms with Crippen LogP contribution in [-0.2, 0) is 9.59 Å². The monoisotopic (exact) mass is 342 g/mol. The minimum absolute atomic E-state index is 0.0557. The third-order valence-corrected chi connectivity index (χ3v) is 6.14. The summed E-state index contributed by atoms with van der Waals surface area (Å²) in [5.74, 6) is 2.53. The van der Waals surface area contributed by atoms with Gasteiger partial charge in [-0.25, -0.2) is 0 Å². The molecule has 2 aliphatic carbocycles. The Morgan fingerprint density at radius 2 is 1.92 bits per heavy atom. The Labute approximate surface area is 151 Å². The fraction of sp³-hybridized carbons (Fsp3) is 0.619.